The van der Waals surface area contributed by atoms with Gasteiger partial charge in [-0.1, -0.05) is 30.7 Å². The molecule has 20 heavy (non-hydrogen) atoms. The molecule has 1 aliphatic rings. The molecule has 0 amide bonds. The van der Waals surface area contributed by atoms with Crippen LogP contribution in [0.5, 0.6) is 5.75 Å². The summed E-state index contributed by atoms with van der Waals surface area (Å²) in [4.78, 5) is 0. The van der Waals surface area contributed by atoms with Crippen molar-refractivity contribution in [1.82, 2.24) is 0 Å². The first-order chi connectivity index (χ1) is 9.81. The fraction of sp³-hybridized carbons (Fsp3) is 0.333. The molecule has 2 nitrogen and oxygen atoms in total. The number of hydrogen-bond donors (Lipinski definition) is 1. The molecule has 0 spiro atoms. The molecule has 0 aliphatic heterocycles. The van der Waals surface area contributed by atoms with Crippen molar-refractivity contribution >= 4 is 5.69 Å². The van der Waals surface area contributed by atoms with Crippen LogP contribution in [-0.2, 0) is 0 Å². The number of nitrogen functional groups attached to an aromatic ring is 1. The average Bonchev–Trinajstić information content (AvgIpc) is 2.50. The van der Waals surface area contributed by atoms with E-state index in [1.54, 1.807) is 0 Å². The monoisotopic (exact) mass is 267 g/mol. The van der Waals surface area contributed by atoms with E-state index < -0.39 is 0 Å². The summed E-state index contributed by atoms with van der Waals surface area (Å²) < 4.78 is 6.05. The third kappa shape index (κ3) is 3.13. The predicted octanol–water partition coefficient (Wildman–Crippen LogP) is 4.65. The molecular weight excluding hydrogens is 246 g/mol. The van der Waals surface area contributed by atoms with Gasteiger partial charge < -0.3 is 10.5 Å². The van der Waals surface area contributed by atoms with E-state index in [1.165, 1.54) is 43.2 Å². The zero-order chi connectivity index (χ0) is 13.8. The van der Waals surface area contributed by atoms with Crippen LogP contribution in [0.25, 0.3) is 11.1 Å². The summed E-state index contributed by atoms with van der Waals surface area (Å²) in [5.74, 6) is 0.982. The summed E-state index contributed by atoms with van der Waals surface area (Å²) in [5, 5.41) is 0. The van der Waals surface area contributed by atoms with Crippen molar-refractivity contribution in [3.63, 3.8) is 0 Å². The summed E-state index contributed by atoms with van der Waals surface area (Å²) in [6.45, 7) is 0. The van der Waals surface area contributed by atoms with Gasteiger partial charge in [-0.15, -0.1) is 0 Å². The van der Waals surface area contributed by atoms with Gasteiger partial charge in [0.05, 0.1) is 6.10 Å². The molecular formula is C18H21NO. The van der Waals surface area contributed by atoms with E-state index in [-0.39, 0.29) is 0 Å². The van der Waals surface area contributed by atoms with Crippen molar-refractivity contribution in [2.24, 2.45) is 0 Å². The van der Waals surface area contributed by atoms with Crippen LogP contribution in [0.15, 0.2) is 48.5 Å². The largest absolute Gasteiger partial charge is 0.490 e. The smallest absolute Gasteiger partial charge is 0.119 e. The van der Waals surface area contributed by atoms with Crippen LogP contribution in [-0.4, -0.2) is 6.10 Å². The van der Waals surface area contributed by atoms with Crippen molar-refractivity contribution in [2.75, 3.05) is 5.73 Å². The first-order valence-electron chi connectivity index (χ1n) is 7.44. The lowest BCUT2D eigenvalue weighted by molar-refractivity contribution is 0.155. The SMILES string of the molecule is Nc1ccc(-c2ccc(OC3CCCCC3)cc2)cc1. The van der Waals surface area contributed by atoms with E-state index in [1.807, 2.05) is 24.3 Å². The van der Waals surface area contributed by atoms with Crippen LogP contribution in [0, 0.1) is 0 Å². The zero-order valence-electron chi connectivity index (χ0n) is 11.7. The highest BCUT2D eigenvalue weighted by molar-refractivity contribution is 5.66. The molecule has 104 valence electrons. The highest BCUT2D eigenvalue weighted by atomic mass is 16.5. The Morgan fingerprint density at radius 2 is 1.30 bits per heavy atom. The van der Waals surface area contributed by atoms with Crippen LogP contribution in [0.1, 0.15) is 32.1 Å². The Balaban J connectivity index is 1.69. The van der Waals surface area contributed by atoms with Crippen molar-refractivity contribution in [3.05, 3.63) is 48.5 Å². The van der Waals surface area contributed by atoms with Crippen LogP contribution in [0.2, 0.25) is 0 Å². The Morgan fingerprint density at radius 3 is 1.90 bits per heavy atom. The van der Waals surface area contributed by atoms with Gasteiger partial charge in [0.25, 0.3) is 0 Å². The van der Waals surface area contributed by atoms with E-state index in [9.17, 15) is 0 Å². The highest BCUT2D eigenvalue weighted by Gasteiger charge is 2.14. The maximum Gasteiger partial charge on any atom is 0.119 e. The highest BCUT2D eigenvalue weighted by Crippen LogP contribution is 2.26. The van der Waals surface area contributed by atoms with Gasteiger partial charge >= 0.3 is 0 Å². The Kier molecular flexibility index (Phi) is 3.91. The molecule has 1 fully saturated rings. The Labute approximate surface area is 120 Å². The second-order valence-corrected chi connectivity index (χ2v) is 5.52. The molecule has 2 aromatic rings. The second kappa shape index (κ2) is 6.00. The van der Waals surface area contributed by atoms with Crippen molar-refractivity contribution in [2.45, 2.75) is 38.2 Å². The minimum absolute atomic E-state index is 0.408. The number of benzene rings is 2. The third-order valence-corrected chi connectivity index (χ3v) is 3.95. The van der Waals surface area contributed by atoms with E-state index in [0.29, 0.717) is 6.10 Å². The molecule has 2 aromatic carbocycles. The van der Waals surface area contributed by atoms with Gasteiger partial charge in [0.1, 0.15) is 5.75 Å². The molecule has 0 unspecified atom stereocenters. The molecule has 0 heterocycles. The van der Waals surface area contributed by atoms with Gasteiger partial charge in [-0.25, -0.2) is 0 Å². The Morgan fingerprint density at radius 1 is 0.750 bits per heavy atom. The molecule has 0 saturated heterocycles. The lowest BCUT2D eigenvalue weighted by Gasteiger charge is -2.23. The zero-order valence-corrected chi connectivity index (χ0v) is 11.7. The fourth-order valence-electron chi connectivity index (χ4n) is 2.78. The lowest BCUT2D eigenvalue weighted by atomic mass is 9.98. The van der Waals surface area contributed by atoms with Crippen molar-refractivity contribution in [1.29, 1.82) is 0 Å². The van der Waals surface area contributed by atoms with Gasteiger partial charge in [-0.2, -0.15) is 0 Å². The van der Waals surface area contributed by atoms with E-state index in [0.717, 1.165) is 11.4 Å². The number of hydrogen-bond acceptors (Lipinski definition) is 2. The van der Waals surface area contributed by atoms with Gasteiger partial charge in [-0.3, -0.25) is 0 Å². The third-order valence-electron chi connectivity index (χ3n) is 3.95. The Bertz CT molecular complexity index is 539. The predicted molar refractivity (Wildman–Crippen MR) is 83.8 cm³/mol. The maximum absolute atomic E-state index is 6.05. The number of rotatable bonds is 3. The number of anilines is 1. The van der Waals surface area contributed by atoms with E-state index in [4.69, 9.17) is 10.5 Å². The van der Waals surface area contributed by atoms with E-state index in [2.05, 4.69) is 24.3 Å². The maximum atomic E-state index is 6.05. The Hall–Kier alpha value is -1.96. The van der Waals surface area contributed by atoms with Crippen molar-refractivity contribution in [3.8, 4) is 16.9 Å². The lowest BCUT2D eigenvalue weighted by Crippen LogP contribution is -2.19. The standard InChI is InChI=1S/C18H21NO/c19-16-10-6-14(7-11-16)15-8-12-18(13-9-15)20-17-4-2-1-3-5-17/h6-13,17H,1-5,19H2. The summed E-state index contributed by atoms with van der Waals surface area (Å²) >= 11 is 0. The molecule has 2 heteroatoms. The van der Waals surface area contributed by atoms with Gasteiger partial charge in [0.2, 0.25) is 0 Å². The molecule has 3 rings (SSSR count). The molecule has 0 radical (unpaired) electrons. The normalized spacial score (nSPS) is 16.0. The quantitative estimate of drug-likeness (QED) is 0.822. The van der Waals surface area contributed by atoms with Crippen LogP contribution >= 0.6 is 0 Å². The summed E-state index contributed by atoms with van der Waals surface area (Å²) in [7, 11) is 0. The summed E-state index contributed by atoms with van der Waals surface area (Å²) in [6, 6.07) is 16.3. The second-order valence-electron chi connectivity index (χ2n) is 5.52. The summed E-state index contributed by atoms with van der Waals surface area (Å²) in [5.41, 5.74) is 8.89. The summed E-state index contributed by atoms with van der Waals surface area (Å²) in [6.07, 6.45) is 6.75. The van der Waals surface area contributed by atoms with Crippen LogP contribution in [0.4, 0.5) is 5.69 Å². The molecule has 0 atom stereocenters. The van der Waals surface area contributed by atoms with Crippen LogP contribution < -0.4 is 10.5 Å². The first-order valence-corrected chi connectivity index (χ1v) is 7.44. The fourth-order valence-corrected chi connectivity index (χ4v) is 2.78. The number of nitrogens with two attached hydrogens (primary N) is 1. The van der Waals surface area contributed by atoms with Gasteiger partial charge in [0.15, 0.2) is 0 Å². The van der Waals surface area contributed by atoms with Gasteiger partial charge in [0, 0.05) is 5.69 Å². The average molecular weight is 267 g/mol. The topological polar surface area (TPSA) is 35.2 Å². The van der Waals surface area contributed by atoms with Crippen molar-refractivity contribution < 1.29 is 4.74 Å². The molecule has 0 aromatic heterocycles. The number of ether oxygens (including phenoxy) is 1. The first kappa shape index (κ1) is 13.0. The molecule has 1 aliphatic carbocycles. The molecule has 0 bridgehead atoms. The molecule has 2 N–H and O–H groups in total. The van der Waals surface area contributed by atoms with E-state index >= 15 is 0 Å². The molecule has 1 saturated carbocycles. The van der Waals surface area contributed by atoms with Crippen LogP contribution in [0.3, 0.4) is 0 Å². The van der Waals surface area contributed by atoms with Gasteiger partial charge in [-0.05, 0) is 61.1 Å². The minimum atomic E-state index is 0.408. The minimum Gasteiger partial charge on any atom is -0.490 e.